The Kier molecular flexibility index (Phi) is 3.38. The lowest BCUT2D eigenvalue weighted by molar-refractivity contribution is 0.136. The quantitative estimate of drug-likeness (QED) is 0.867. The summed E-state index contributed by atoms with van der Waals surface area (Å²) in [6, 6.07) is 4.47. The van der Waals surface area contributed by atoms with Crippen LogP contribution in [0.3, 0.4) is 0 Å². The Morgan fingerprint density at radius 2 is 2.33 bits per heavy atom. The van der Waals surface area contributed by atoms with Gasteiger partial charge in [0, 0.05) is 10.5 Å². The van der Waals surface area contributed by atoms with Gasteiger partial charge in [0.25, 0.3) is 0 Å². The summed E-state index contributed by atoms with van der Waals surface area (Å²) >= 11 is 3.27. The maximum absolute atomic E-state index is 12.9. The highest BCUT2D eigenvalue weighted by atomic mass is 79.9. The molecule has 0 spiro atoms. The average Bonchev–Trinajstić information content (AvgIpc) is 2.69. The molecule has 2 atom stereocenters. The molecule has 2 nitrogen and oxygen atoms in total. The van der Waals surface area contributed by atoms with E-state index in [0.29, 0.717) is 4.47 Å². The molecular weight excluding hydrogens is 261 g/mol. The van der Waals surface area contributed by atoms with Crippen LogP contribution in [0, 0.1) is 5.82 Å². The molecular formula is C11H13BrFNO. The standard InChI is InChI=1S/C11H13BrFNO/c12-9-6-7(13)3-4-8(9)11(15)10-2-1-5-14-10/h3-4,6,10-11,14-15H,1-2,5H2. The van der Waals surface area contributed by atoms with Gasteiger partial charge in [0.05, 0.1) is 6.10 Å². The number of hydrogen-bond acceptors (Lipinski definition) is 2. The number of benzene rings is 1. The predicted octanol–water partition coefficient (Wildman–Crippen LogP) is 2.37. The van der Waals surface area contributed by atoms with Gasteiger partial charge in [0.2, 0.25) is 0 Å². The Morgan fingerprint density at radius 3 is 2.93 bits per heavy atom. The molecule has 2 unspecified atom stereocenters. The first-order chi connectivity index (χ1) is 7.18. The SMILES string of the molecule is OC(c1ccc(F)cc1Br)C1CCCN1. The second-order valence-corrected chi connectivity index (χ2v) is 4.67. The fourth-order valence-corrected chi connectivity index (χ4v) is 2.52. The minimum atomic E-state index is -0.567. The van der Waals surface area contributed by atoms with Crippen LogP contribution in [0.1, 0.15) is 24.5 Å². The van der Waals surface area contributed by atoms with Crippen LogP contribution in [0.15, 0.2) is 22.7 Å². The van der Waals surface area contributed by atoms with Crippen molar-refractivity contribution in [2.24, 2.45) is 0 Å². The van der Waals surface area contributed by atoms with Crippen molar-refractivity contribution in [1.29, 1.82) is 0 Å². The summed E-state index contributed by atoms with van der Waals surface area (Å²) < 4.78 is 13.5. The summed E-state index contributed by atoms with van der Waals surface area (Å²) in [6.07, 6.45) is 1.48. The molecule has 15 heavy (non-hydrogen) atoms. The molecule has 1 fully saturated rings. The molecule has 1 aromatic carbocycles. The van der Waals surface area contributed by atoms with Crippen LogP contribution in [-0.2, 0) is 0 Å². The van der Waals surface area contributed by atoms with Gasteiger partial charge in [0.1, 0.15) is 5.82 Å². The number of hydrogen-bond donors (Lipinski definition) is 2. The van der Waals surface area contributed by atoms with Gasteiger partial charge < -0.3 is 10.4 Å². The van der Waals surface area contributed by atoms with Crippen molar-refractivity contribution in [3.63, 3.8) is 0 Å². The monoisotopic (exact) mass is 273 g/mol. The van der Waals surface area contributed by atoms with E-state index in [4.69, 9.17) is 0 Å². The summed E-state index contributed by atoms with van der Waals surface area (Å²) in [7, 11) is 0. The third-order valence-corrected chi connectivity index (χ3v) is 3.45. The van der Waals surface area contributed by atoms with E-state index in [0.717, 1.165) is 24.9 Å². The first-order valence-corrected chi connectivity index (χ1v) is 5.84. The molecule has 1 aromatic rings. The highest BCUT2D eigenvalue weighted by molar-refractivity contribution is 9.10. The van der Waals surface area contributed by atoms with Crippen molar-refractivity contribution in [2.75, 3.05) is 6.54 Å². The van der Waals surface area contributed by atoms with Gasteiger partial charge in [-0.2, -0.15) is 0 Å². The van der Waals surface area contributed by atoms with E-state index in [2.05, 4.69) is 21.2 Å². The molecule has 0 radical (unpaired) electrons. The molecule has 0 saturated carbocycles. The number of nitrogens with one attached hydrogen (secondary N) is 1. The van der Waals surface area contributed by atoms with Crippen LogP contribution < -0.4 is 5.32 Å². The highest BCUT2D eigenvalue weighted by Crippen LogP contribution is 2.29. The third-order valence-electron chi connectivity index (χ3n) is 2.76. The molecule has 1 aliphatic heterocycles. The van der Waals surface area contributed by atoms with E-state index in [1.54, 1.807) is 6.07 Å². The molecule has 0 aromatic heterocycles. The van der Waals surface area contributed by atoms with E-state index in [1.807, 2.05) is 0 Å². The summed E-state index contributed by atoms with van der Waals surface area (Å²) in [6.45, 7) is 0.945. The van der Waals surface area contributed by atoms with Crippen molar-refractivity contribution in [3.8, 4) is 0 Å². The summed E-state index contributed by atoms with van der Waals surface area (Å²) in [4.78, 5) is 0. The fourth-order valence-electron chi connectivity index (χ4n) is 1.94. The normalized spacial score (nSPS) is 23.0. The zero-order valence-electron chi connectivity index (χ0n) is 8.21. The molecule has 4 heteroatoms. The molecule has 0 aliphatic carbocycles. The molecule has 82 valence electrons. The van der Waals surface area contributed by atoms with Crippen LogP contribution in [0.2, 0.25) is 0 Å². The van der Waals surface area contributed by atoms with E-state index in [1.165, 1.54) is 12.1 Å². The Morgan fingerprint density at radius 1 is 1.53 bits per heavy atom. The van der Waals surface area contributed by atoms with Crippen molar-refractivity contribution in [1.82, 2.24) is 5.32 Å². The van der Waals surface area contributed by atoms with Crippen LogP contribution in [0.25, 0.3) is 0 Å². The van der Waals surface area contributed by atoms with Crippen molar-refractivity contribution in [3.05, 3.63) is 34.1 Å². The Hall–Kier alpha value is -0.450. The van der Waals surface area contributed by atoms with E-state index < -0.39 is 6.10 Å². The molecule has 2 N–H and O–H groups in total. The van der Waals surface area contributed by atoms with Crippen molar-refractivity contribution in [2.45, 2.75) is 25.0 Å². The van der Waals surface area contributed by atoms with Gasteiger partial charge in [-0.15, -0.1) is 0 Å². The third kappa shape index (κ3) is 2.38. The maximum atomic E-state index is 12.9. The van der Waals surface area contributed by atoms with Crippen molar-refractivity contribution >= 4 is 15.9 Å². The van der Waals surface area contributed by atoms with Gasteiger partial charge in [-0.05, 0) is 37.1 Å². The molecule has 1 heterocycles. The molecule has 0 bridgehead atoms. The first-order valence-electron chi connectivity index (χ1n) is 5.05. The average molecular weight is 274 g/mol. The van der Waals surface area contributed by atoms with Crippen LogP contribution >= 0.6 is 15.9 Å². The number of aliphatic hydroxyl groups is 1. The van der Waals surface area contributed by atoms with Gasteiger partial charge in [-0.1, -0.05) is 22.0 Å². The fraction of sp³-hybridized carbons (Fsp3) is 0.455. The second-order valence-electron chi connectivity index (χ2n) is 3.81. The van der Waals surface area contributed by atoms with Gasteiger partial charge in [-0.25, -0.2) is 4.39 Å². The van der Waals surface area contributed by atoms with E-state index in [-0.39, 0.29) is 11.9 Å². The number of aliphatic hydroxyl groups excluding tert-OH is 1. The van der Waals surface area contributed by atoms with Crippen molar-refractivity contribution < 1.29 is 9.50 Å². The smallest absolute Gasteiger partial charge is 0.124 e. The zero-order valence-corrected chi connectivity index (χ0v) is 9.80. The topological polar surface area (TPSA) is 32.3 Å². The van der Waals surface area contributed by atoms with E-state index in [9.17, 15) is 9.50 Å². The summed E-state index contributed by atoms with van der Waals surface area (Å²) in [5.74, 6) is -0.294. The molecule has 0 amide bonds. The maximum Gasteiger partial charge on any atom is 0.124 e. The molecule has 2 rings (SSSR count). The lowest BCUT2D eigenvalue weighted by Gasteiger charge is -2.19. The van der Waals surface area contributed by atoms with Gasteiger partial charge in [0.15, 0.2) is 0 Å². The first kappa shape index (κ1) is 11.0. The largest absolute Gasteiger partial charge is 0.387 e. The minimum Gasteiger partial charge on any atom is -0.387 e. The highest BCUT2D eigenvalue weighted by Gasteiger charge is 2.25. The summed E-state index contributed by atoms with van der Waals surface area (Å²) in [5, 5.41) is 13.3. The Bertz CT molecular complexity index is 352. The number of halogens is 2. The Balaban J connectivity index is 2.20. The van der Waals surface area contributed by atoms with Crippen LogP contribution in [0.5, 0.6) is 0 Å². The molecule has 1 aliphatic rings. The van der Waals surface area contributed by atoms with Crippen LogP contribution in [0.4, 0.5) is 4.39 Å². The van der Waals surface area contributed by atoms with Crippen LogP contribution in [-0.4, -0.2) is 17.7 Å². The minimum absolute atomic E-state index is 0.0896. The lowest BCUT2D eigenvalue weighted by atomic mass is 10.0. The summed E-state index contributed by atoms with van der Waals surface area (Å²) in [5.41, 5.74) is 0.746. The Labute approximate surface area is 96.6 Å². The number of rotatable bonds is 2. The van der Waals surface area contributed by atoms with E-state index >= 15 is 0 Å². The zero-order chi connectivity index (χ0) is 10.8. The van der Waals surface area contributed by atoms with Gasteiger partial charge >= 0.3 is 0 Å². The lowest BCUT2D eigenvalue weighted by Crippen LogP contribution is -2.28. The molecule has 1 saturated heterocycles. The second kappa shape index (κ2) is 4.60. The van der Waals surface area contributed by atoms with Gasteiger partial charge in [-0.3, -0.25) is 0 Å². The predicted molar refractivity (Wildman–Crippen MR) is 60.1 cm³/mol.